The second-order valence-electron chi connectivity index (χ2n) is 5.96. The summed E-state index contributed by atoms with van der Waals surface area (Å²) in [6, 6.07) is 4.95. The largest absolute Gasteiger partial charge is 0.327 e. The van der Waals surface area contributed by atoms with E-state index in [1.165, 1.54) is 4.52 Å². The Morgan fingerprint density at radius 1 is 1.19 bits per heavy atom. The molecule has 0 aliphatic rings. The number of nitrogens with one attached hydrogen (secondary N) is 2. The summed E-state index contributed by atoms with van der Waals surface area (Å²) < 4.78 is 3.42. The van der Waals surface area contributed by atoms with Crippen LogP contribution in [-0.4, -0.2) is 45.4 Å². The maximum absolute atomic E-state index is 12.2. The molecule has 0 aliphatic carbocycles. The van der Waals surface area contributed by atoms with E-state index < -0.39 is 6.03 Å². The van der Waals surface area contributed by atoms with E-state index in [9.17, 15) is 4.79 Å². The number of carbonyl (C=O) groups excluding carboxylic acids is 1. The van der Waals surface area contributed by atoms with Crippen LogP contribution in [0.1, 0.15) is 19.9 Å². The molecule has 2 N–H and O–H groups in total. The molecule has 0 saturated heterocycles. The highest BCUT2D eigenvalue weighted by atomic mass is 16.2. The zero-order valence-electron chi connectivity index (χ0n) is 14.6. The van der Waals surface area contributed by atoms with E-state index in [0.29, 0.717) is 23.0 Å². The number of nitrogens with zero attached hydrogens (tertiary/aromatic N) is 8. The molecule has 0 saturated carbocycles. The third kappa shape index (κ3) is 3.42. The second-order valence-corrected chi connectivity index (χ2v) is 5.96. The third-order valence-corrected chi connectivity index (χ3v) is 3.72. The number of hydrogen-bond acceptors (Lipinski definition) is 7. The molecule has 27 heavy (non-hydrogen) atoms. The topological polar surface area (TPSA) is 128 Å². The lowest BCUT2D eigenvalue weighted by atomic mass is 10.3. The van der Waals surface area contributed by atoms with Crippen molar-refractivity contribution in [2.24, 2.45) is 0 Å². The van der Waals surface area contributed by atoms with Crippen molar-refractivity contribution < 1.29 is 4.79 Å². The first kappa shape index (κ1) is 16.6. The molecule has 11 heteroatoms. The van der Waals surface area contributed by atoms with Crippen LogP contribution >= 0.6 is 0 Å². The summed E-state index contributed by atoms with van der Waals surface area (Å²) in [6.07, 6.45) is 6.42. The molecule has 136 valence electrons. The van der Waals surface area contributed by atoms with Gasteiger partial charge in [-0.05, 0) is 26.0 Å². The molecule has 11 nitrogen and oxygen atoms in total. The van der Waals surface area contributed by atoms with Gasteiger partial charge in [-0.3, -0.25) is 15.6 Å². The standard InChI is InChI=1S/C16H16N10O/c1-10(2)25-9-18-23-14(25)11-4-3-5-12(19-11)20-16(27)22-15-21-13-8-17-6-7-26(13)24-15/h3-10H,1-2H3,(H2,19,20,22,24,27). The number of carbonyl (C=O) groups is 1. The Morgan fingerprint density at radius 2 is 2.07 bits per heavy atom. The molecule has 4 heterocycles. The maximum Gasteiger partial charge on any atom is 0.327 e. The SMILES string of the molecule is CC(C)n1cnnc1-c1cccc(NC(=O)Nc2nc3cnccn3n2)n1. The summed E-state index contributed by atoms with van der Waals surface area (Å²) in [5.74, 6) is 1.16. The highest BCUT2D eigenvalue weighted by molar-refractivity contribution is 5.98. The van der Waals surface area contributed by atoms with Gasteiger partial charge in [-0.2, -0.15) is 4.98 Å². The average Bonchev–Trinajstić information content (AvgIpc) is 3.28. The first-order valence-electron chi connectivity index (χ1n) is 8.21. The van der Waals surface area contributed by atoms with E-state index in [1.54, 1.807) is 37.1 Å². The fourth-order valence-corrected chi connectivity index (χ4v) is 2.48. The van der Waals surface area contributed by atoms with Gasteiger partial charge in [0.2, 0.25) is 0 Å². The number of fused-ring (bicyclic) bond motifs is 1. The Balaban J connectivity index is 1.50. The van der Waals surface area contributed by atoms with Gasteiger partial charge in [0.25, 0.3) is 5.95 Å². The van der Waals surface area contributed by atoms with Gasteiger partial charge in [-0.25, -0.2) is 14.3 Å². The smallest absolute Gasteiger partial charge is 0.310 e. The zero-order chi connectivity index (χ0) is 18.8. The number of urea groups is 1. The number of amides is 2. The third-order valence-electron chi connectivity index (χ3n) is 3.72. The number of hydrogen-bond donors (Lipinski definition) is 2. The second kappa shape index (κ2) is 6.78. The van der Waals surface area contributed by atoms with Crippen molar-refractivity contribution in [1.82, 2.24) is 39.3 Å². The van der Waals surface area contributed by atoms with Crippen LogP contribution in [0.15, 0.2) is 43.1 Å². The Morgan fingerprint density at radius 3 is 2.89 bits per heavy atom. The van der Waals surface area contributed by atoms with Crippen LogP contribution in [0.4, 0.5) is 16.6 Å². The highest BCUT2D eigenvalue weighted by Crippen LogP contribution is 2.19. The molecule has 0 radical (unpaired) electrons. The summed E-state index contributed by atoms with van der Waals surface area (Å²) in [6.45, 7) is 4.06. The normalized spacial score (nSPS) is 11.1. The lowest BCUT2D eigenvalue weighted by Gasteiger charge is -2.10. The van der Waals surface area contributed by atoms with Gasteiger partial charge in [-0.15, -0.1) is 15.3 Å². The van der Waals surface area contributed by atoms with Crippen LogP contribution in [0.2, 0.25) is 0 Å². The van der Waals surface area contributed by atoms with Crippen LogP contribution in [0.5, 0.6) is 0 Å². The van der Waals surface area contributed by atoms with Gasteiger partial charge in [0.15, 0.2) is 11.5 Å². The molecular formula is C16H16N10O. The van der Waals surface area contributed by atoms with Crippen LogP contribution in [0.3, 0.4) is 0 Å². The molecule has 0 fully saturated rings. The Bertz CT molecular complexity index is 1070. The Hall–Kier alpha value is -3.89. The maximum atomic E-state index is 12.2. The first-order chi connectivity index (χ1) is 13.1. The van der Waals surface area contributed by atoms with Gasteiger partial charge < -0.3 is 4.57 Å². The van der Waals surface area contributed by atoms with Crippen LogP contribution in [0.25, 0.3) is 17.2 Å². The van der Waals surface area contributed by atoms with E-state index in [0.717, 1.165) is 0 Å². The molecule has 0 aliphatic heterocycles. The quantitative estimate of drug-likeness (QED) is 0.567. The molecule has 0 aromatic carbocycles. The summed E-state index contributed by atoms with van der Waals surface area (Å²) in [5, 5.41) is 17.4. The first-order valence-corrected chi connectivity index (χ1v) is 8.21. The van der Waals surface area contributed by atoms with Gasteiger partial charge in [-0.1, -0.05) is 6.07 Å². The molecule has 2 amide bonds. The van der Waals surface area contributed by atoms with Crippen molar-refractivity contribution in [3.8, 4) is 11.5 Å². The summed E-state index contributed by atoms with van der Waals surface area (Å²) in [4.78, 5) is 24.8. The molecule has 0 bridgehead atoms. The summed E-state index contributed by atoms with van der Waals surface area (Å²) in [5.41, 5.74) is 1.14. The lowest BCUT2D eigenvalue weighted by molar-refractivity contribution is 0.262. The fourth-order valence-electron chi connectivity index (χ4n) is 2.48. The number of aromatic nitrogens is 8. The van der Waals surface area contributed by atoms with Crippen molar-refractivity contribution in [3.05, 3.63) is 43.1 Å². The summed E-state index contributed by atoms with van der Waals surface area (Å²) in [7, 11) is 0. The molecule has 0 spiro atoms. The minimum atomic E-state index is -0.506. The van der Waals surface area contributed by atoms with Gasteiger partial charge in [0.05, 0.1) is 6.20 Å². The molecule has 4 aromatic heterocycles. The van der Waals surface area contributed by atoms with Crippen molar-refractivity contribution >= 4 is 23.4 Å². The van der Waals surface area contributed by atoms with E-state index in [2.05, 4.69) is 40.9 Å². The van der Waals surface area contributed by atoms with Gasteiger partial charge in [0, 0.05) is 18.4 Å². The minimum absolute atomic E-state index is 0.163. The number of anilines is 2. The van der Waals surface area contributed by atoms with Crippen molar-refractivity contribution in [3.63, 3.8) is 0 Å². The predicted molar refractivity (Wildman–Crippen MR) is 97.1 cm³/mol. The molecule has 0 atom stereocenters. The minimum Gasteiger partial charge on any atom is -0.310 e. The van der Waals surface area contributed by atoms with E-state index in [4.69, 9.17) is 0 Å². The van der Waals surface area contributed by atoms with E-state index in [1.807, 2.05) is 24.5 Å². The lowest BCUT2D eigenvalue weighted by Crippen LogP contribution is -2.21. The Labute approximate surface area is 153 Å². The molecule has 4 aromatic rings. The molecular weight excluding hydrogens is 348 g/mol. The monoisotopic (exact) mass is 364 g/mol. The fraction of sp³-hybridized carbons (Fsp3) is 0.188. The van der Waals surface area contributed by atoms with Crippen LogP contribution in [-0.2, 0) is 0 Å². The van der Waals surface area contributed by atoms with E-state index in [-0.39, 0.29) is 12.0 Å². The van der Waals surface area contributed by atoms with Crippen molar-refractivity contribution in [2.45, 2.75) is 19.9 Å². The van der Waals surface area contributed by atoms with Gasteiger partial charge in [0.1, 0.15) is 17.8 Å². The molecule has 0 unspecified atom stereocenters. The number of pyridine rings is 1. The van der Waals surface area contributed by atoms with Crippen LogP contribution in [0, 0.1) is 0 Å². The van der Waals surface area contributed by atoms with Crippen molar-refractivity contribution in [2.75, 3.05) is 10.6 Å². The van der Waals surface area contributed by atoms with Crippen LogP contribution < -0.4 is 10.6 Å². The predicted octanol–water partition coefficient (Wildman–Crippen LogP) is 2.00. The average molecular weight is 364 g/mol. The van der Waals surface area contributed by atoms with Crippen molar-refractivity contribution in [1.29, 1.82) is 0 Å². The summed E-state index contributed by atoms with van der Waals surface area (Å²) >= 11 is 0. The highest BCUT2D eigenvalue weighted by Gasteiger charge is 2.13. The van der Waals surface area contributed by atoms with E-state index >= 15 is 0 Å². The Kier molecular flexibility index (Phi) is 4.16. The zero-order valence-corrected chi connectivity index (χ0v) is 14.6. The molecule has 4 rings (SSSR count). The van der Waals surface area contributed by atoms with Gasteiger partial charge >= 0.3 is 6.03 Å². The number of rotatable bonds is 4.